The Morgan fingerprint density at radius 3 is 2.45 bits per heavy atom. The van der Waals surface area contributed by atoms with E-state index in [-0.39, 0.29) is 36.9 Å². The molecule has 0 aliphatic carbocycles. The van der Waals surface area contributed by atoms with Crippen molar-refractivity contribution in [3.05, 3.63) is 29.3 Å². The number of nitrogens with two attached hydrogens (primary N) is 1. The van der Waals surface area contributed by atoms with Gasteiger partial charge in [-0.25, -0.2) is 0 Å². The molecular formula is C15H24ClN3O3. The Hall–Kier alpha value is -1.63. The lowest BCUT2D eigenvalue weighted by atomic mass is 10.1. The Labute approximate surface area is 137 Å². The number of anilines is 1. The van der Waals surface area contributed by atoms with Crippen LogP contribution in [0.5, 0.6) is 0 Å². The average molecular weight is 330 g/mol. The summed E-state index contributed by atoms with van der Waals surface area (Å²) in [6, 6.07) is 4.45. The summed E-state index contributed by atoms with van der Waals surface area (Å²) in [6.45, 7) is 5.77. The molecule has 0 aliphatic heterocycles. The van der Waals surface area contributed by atoms with Crippen LogP contribution in [-0.2, 0) is 9.53 Å². The molecular weight excluding hydrogens is 306 g/mol. The molecule has 124 valence electrons. The summed E-state index contributed by atoms with van der Waals surface area (Å²) < 4.78 is 4.84. The van der Waals surface area contributed by atoms with Crippen LogP contribution in [-0.4, -0.2) is 37.6 Å². The van der Waals surface area contributed by atoms with Crippen molar-refractivity contribution >= 4 is 29.9 Å². The number of rotatable bonds is 6. The number of methoxy groups -OCH3 is 1. The summed E-state index contributed by atoms with van der Waals surface area (Å²) >= 11 is 0. The largest absolute Gasteiger partial charge is 0.383 e. The quantitative estimate of drug-likeness (QED) is 0.736. The standard InChI is InChI=1S/C15H23N3O3.ClH/c1-9(2)17-14(19)11-5-6-13(10(3)7-11)18-15(20)12(16)8-21-4;/h5-7,9,12H,8,16H2,1-4H3,(H,17,19)(H,18,20);1H. The van der Waals surface area contributed by atoms with Gasteiger partial charge in [0.15, 0.2) is 0 Å². The highest BCUT2D eigenvalue weighted by Crippen LogP contribution is 2.17. The Balaban J connectivity index is 0.00000441. The molecule has 22 heavy (non-hydrogen) atoms. The molecule has 0 heterocycles. The smallest absolute Gasteiger partial charge is 0.251 e. The predicted molar refractivity (Wildman–Crippen MR) is 89.5 cm³/mol. The van der Waals surface area contributed by atoms with Crippen LogP contribution >= 0.6 is 12.4 Å². The summed E-state index contributed by atoms with van der Waals surface area (Å²) in [5.41, 5.74) is 7.64. The zero-order chi connectivity index (χ0) is 16.0. The first-order chi connectivity index (χ1) is 9.85. The number of aryl methyl sites for hydroxylation is 1. The van der Waals surface area contributed by atoms with E-state index < -0.39 is 6.04 Å². The van der Waals surface area contributed by atoms with E-state index in [1.165, 1.54) is 7.11 Å². The highest BCUT2D eigenvalue weighted by atomic mass is 35.5. The van der Waals surface area contributed by atoms with E-state index in [9.17, 15) is 9.59 Å². The van der Waals surface area contributed by atoms with Crippen LogP contribution < -0.4 is 16.4 Å². The molecule has 7 heteroatoms. The fraction of sp³-hybridized carbons (Fsp3) is 0.467. The number of halogens is 1. The van der Waals surface area contributed by atoms with Crippen LogP contribution in [0.15, 0.2) is 18.2 Å². The molecule has 0 radical (unpaired) electrons. The number of amides is 2. The molecule has 0 aromatic heterocycles. The second-order valence-corrected chi connectivity index (χ2v) is 5.21. The van der Waals surface area contributed by atoms with E-state index in [0.29, 0.717) is 11.3 Å². The third kappa shape index (κ3) is 6.01. The third-order valence-electron chi connectivity index (χ3n) is 2.85. The topological polar surface area (TPSA) is 93.4 Å². The monoisotopic (exact) mass is 329 g/mol. The van der Waals surface area contributed by atoms with Gasteiger partial charge in [0, 0.05) is 24.4 Å². The van der Waals surface area contributed by atoms with E-state index in [0.717, 1.165) is 5.56 Å². The fourth-order valence-corrected chi connectivity index (χ4v) is 1.77. The van der Waals surface area contributed by atoms with Gasteiger partial charge in [-0.3, -0.25) is 9.59 Å². The van der Waals surface area contributed by atoms with Gasteiger partial charge in [0.25, 0.3) is 5.91 Å². The zero-order valence-corrected chi connectivity index (χ0v) is 14.1. The van der Waals surface area contributed by atoms with E-state index in [1.807, 2.05) is 20.8 Å². The van der Waals surface area contributed by atoms with E-state index in [4.69, 9.17) is 10.5 Å². The average Bonchev–Trinajstić information content (AvgIpc) is 2.40. The van der Waals surface area contributed by atoms with Crippen molar-refractivity contribution in [2.24, 2.45) is 5.73 Å². The number of hydrogen-bond acceptors (Lipinski definition) is 4. The van der Waals surface area contributed by atoms with E-state index in [1.54, 1.807) is 18.2 Å². The maximum Gasteiger partial charge on any atom is 0.251 e. The van der Waals surface area contributed by atoms with Crippen LogP contribution in [0, 0.1) is 6.92 Å². The Bertz CT molecular complexity index is 521. The number of ether oxygens (including phenoxy) is 1. The maximum atomic E-state index is 11.9. The van der Waals surface area contributed by atoms with Crippen molar-refractivity contribution in [1.82, 2.24) is 5.32 Å². The van der Waals surface area contributed by atoms with Gasteiger partial charge in [-0.1, -0.05) is 0 Å². The summed E-state index contributed by atoms with van der Waals surface area (Å²) in [5, 5.41) is 5.54. The van der Waals surface area contributed by atoms with Gasteiger partial charge in [-0.15, -0.1) is 12.4 Å². The molecule has 6 nitrogen and oxygen atoms in total. The van der Waals surface area contributed by atoms with Gasteiger partial charge >= 0.3 is 0 Å². The van der Waals surface area contributed by atoms with Crippen LogP contribution in [0.1, 0.15) is 29.8 Å². The molecule has 0 saturated carbocycles. The van der Waals surface area contributed by atoms with Crippen molar-refractivity contribution in [3.8, 4) is 0 Å². The molecule has 2 amide bonds. The summed E-state index contributed by atoms with van der Waals surface area (Å²) in [7, 11) is 1.49. The Morgan fingerprint density at radius 1 is 1.32 bits per heavy atom. The van der Waals surface area contributed by atoms with Crippen molar-refractivity contribution < 1.29 is 14.3 Å². The number of nitrogens with one attached hydrogen (secondary N) is 2. The van der Waals surface area contributed by atoms with Crippen molar-refractivity contribution in [1.29, 1.82) is 0 Å². The molecule has 4 N–H and O–H groups in total. The molecule has 0 aliphatic rings. The van der Waals surface area contributed by atoms with Gasteiger partial charge in [0.1, 0.15) is 6.04 Å². The zero-order valence-electron chi connectivity index (χ0n) is 13.3. The van der Waals surface area contributed by atoms with Crippen LogP contribution in [0.2, 0.25) is 0 Å². The number of carbonyl (C=O) groups excluding carboxylic acids is 2. The van der Waals surface area contributed by atoms with Gasteiger partial charge in [-0.2, -0.15) is 0 Å². The molecule has 0 spiro atoms. The number of benzene rings is 1. The lowest BCUT2D eigenvalue weighted by Crippen LogP contribution is -2.39. The van der Waals surface area contributed by atoms with Crippen molar-refractivity contribution in [3.63, 3.8) is 0 Å². The summed E-state index contributed by atoms with van der Waals surface area (Å²) in [5.74, 6) is -0.457. The minimum Gasteiger partial charge on any atom is -0.383 e. The molecule has 0 bridgehead atoms. The van der Waals surface area contributed by atoms with Crippen molar-refractivity contribution in [2.45, 2.75) is 32.9 Å². The molecule has 1 unspecified atom stereocenters. The maximum absolute atomic E-state index is 11.9. The van der Waals surface area contributed by atoms with E-state index in [2.05, 4.69) is 10.6 Å². The van der Waals surface area contributed by atoms with Crippen LogP contribution in [0.4, 0.5) is 5.69 Å². The van der Waals surface area contributed by atoms with Crippen LogP contribution in [0.25, 0.3) is 0 Å². The first-order valence-corrected chi connectivity index (χ1v) is 6.82. The number of carbonyl (C=O) groups is 2. The fourth-order valence-electron chi connectivity index (χ4n) is 1.77. The minimum absolute atomic E-state index is 0. The molecule has 1 atom stereocenters. The SMILES string of the molecule is COCC(N)C(=O)Nc1ccc(C(=O)NC(C)C)cc1C.Cl. The number of hydrogen-bond donors (Lipinski definition) is 3. The highest BCUT2D eigenvalue weighted by molar-refractivity contribution is 5.98. The normalized spacial score (nSPS) is 11.5. The molecule has 0 saturated heterocycles. The third-order valence-corrected chi connectivity index (χ3v) is 2.85. The molecule has 1 aromatic rings. The highest BCUT2D eigenvalue weighted by Gasteiger charge is 2.15. The van der Waals surface area contributed by atoms with Gasteiger partial charge in [0.2, 0.25) is 5.91 Å². The Morgan fingerprint density at radius 2 is 1.95 bits per heavy atom. The minimum atomic E-state index is -0.724. The second kappa shape index (κ2) is 9.40. The molecule has 1 rings (SSSR count). The second-order valence-electron chi connectivity index (χ2n) is 5.21. The molecule has 1 aromatic carbocycles. The Kier molecular flexibility index (Phi) is 8.70. The summed E-state index contributed by atoms with van der Waals surface area (Å²) in [4.78, 5) is 23.7. The molecule has 0 fully saturated rings. The van der Waals surface area contributed by atoms with Crippen molar-refractivity contribution in [2.75, 3.05) is 19.0 Å². The lowest BCUT2D eigenvalue weighted by Gasteiger charge is -2.14. The predicted octanol–water partition coefficient (Wildman–Crippen LogP) is 1.47. The van der Waals surface area contributed by atoms with Crippen LogP contribution in [0.3, 0.4) is 0 Å². The van der Waals surface area contributed by atoms with Gasteiger partial charge < -0.3 is 21.1 Å². The van der Waals surface area contributed by atoms with Gasteiger partial charge in [0.05, 0.1) is 6.61 Å². The van der Waals surface area contributed by atoms with Gasteiger partial charge in [-0.05, 0) is 44.5 Å². The first kappa shape index (κ1) is 20.4. The van der Waals surface area contributed by atoms with E-state index >= 15 is 0 Å². The summed E-state index contributed by atoms with van der Waals surface area (Å²) in [6.07, 6.45) is 0. The first-order valence-electron chi connectivity index (χ1n) is 6.82. The lowest BCUT2D eigenvalue weighted by molar-refractivity contribution is -0.118.